The molecule has 0 radical (unpaired) electrons. The van der Waals surface area contributed by atoms with Crippen molar-refractivity contribution >= 4 is 47.4 Å². The van der Waals surface area contributed by atoms with Gasteiger partial charge in [-0.1, -0.05) is 23.9 Å². The summed E-state index contributed by atoms with van der Waals surface area (Å²) in [4.78, 5) is 7.95. The first-order valence-electron chi connectivity index (χ1n) is 4.27. The van der Waals surface area contributed by atoms with Gasteiger partial charge in [0, 0.05) is 14.3 Å². The van der Waals surface area contributed by atoms with Gasteiger partial charge in [0.05, 0.1) is 17.6 Å². The molecule has 2 rings (SSSR count). The Bertz CT molecular complexity index is 553. The van der Waals surface area contributed by atoms with Crippen LogP contribution in [0.2, 0.25) is 0 Å². The summed E-state index contributed by atoms with van der Waals surface area (Å²) >= 11 is 0. The van der Waals surface area contributed by atoms with E-state index in [0.717, 1.165) is 16.6 Å². The Morgan fingerprint density at radius 2 is 2.20 bits per heavy atom. The second-order valence-corrected chi connectivity index (χ2v) is 9.50. The van der Waals surface area contributed by atoms with E-state index in [1.165, 1.54) is 0 Å². The smallest absolute Gasteiger partial charge is 0.189 e. The molecule has 2 aromatic rings. The van der Waals surface area contributed by atoms with Gasteiger partial charge in [0.15, 0.2) is 5.69 Å². The van der Waals surface area contributed by atoms with Crippen molar-refractivity contribution in [1.29, 1.82) is 0 Å². The Labute approximate surface area is 94.0 Å². The van der Waals surface area contributed by atoms with Gasteiger partial charge in [0.2, 0.25) is 0 Å². The lowest BCUT2D eigenvalue weighted by Gasteiger charge is -2.04. The molecule has 1 aromatic carbocycles. The number of aromatic nitrogens is 2. The molecule has 0 amide bonds. The predicted octanol–water partition coefficient (Wildman–Crippen LogP) is 2.81. The monoisotopic (exact) mass is 253 g/mol. The molecule has 2 unspecified atom stereocenters. The molecule has 15 heavy (non-hydrogen) atoms. The first-order chi connectivity index (χ1) is 7.13. The summed E-state index contributed by atoms with van der Waals surface area (Å²) in [7, 11) is 7.15. The lowest BCUT2D eigenvalue weighted by molar-refractivity contribution is 0.992. The van der Waals surface area contributed by atoms with Gasteiger partial charge in [-0.05, 0) is 12.1 Å². The summed E-state index contributed by atoms with van der Waals surface area (Å²) < 4.78 is 2.05. The van der Waals surface area contributed by atoms with E-state index in [2.05, 4.69) is 32.3 Å². The second-order valence-electron chi connectivity index (χ2n) is 3.16. The summed E-state index contributed by atoms with van der Waals surface area (Å²) in [5.74, 6) is 0. The van der Waals surface area contributed by atoms with Crippen LogP contribution in [0.15, 0.2) is 18.2 Å². The Kier molecular flexibility index (Phi) is 3.03. The summed E-state index contributed by atoms with van der Waals surface area (Å²) in [5.41, 5.74) is 3.69. The number of nitrogens with zero attached hydrogens (tertiary/aromatic N) is 3. The highest BCUT2D eigenvalue weighted by molar-refractivity contribution is 8.46. The van der Waals surface area contributed by atoms with Crippen LogP contribution < -0.4 is 5.57 Å². The first-order valence-corrected chi connectivity index (χ1v) is 8.85. The summed E-state index contributed by atoms with van der Waals surface area (Å²) in [6.07, 6.45) is 0. The van der Waals surface area contributed by atoms with Gasteiger partial charge >= 0.3 is 0 Å². The molecule has 0 N–H and O–H groups in total. The maximum absolute atomic E-state index is 6.97. The topological polar surface area (TPSA) is 22.2 Å². The molecule has 6 heteroatoms. The fourth-order valence-electron chi connectivity index (χ4n) is 1.47. The Balaban J connectivity index is 2.73. The number of hydrogen-bond donors (Lipinski definition) is 0. The van der Waals surface area contributed by atoms with Gasteiger partial charge in [0.1, 0.15) is 5.57 Å². The zero-order chi connectivity index (χ0) is 11.0. The van der Waals surface area contributed by atoms with Gasteiger partial charge in [0.25, 0.3) is 0 Å². The van der Waals surface area contributed by atoms with E-state index >= 15 is 0 Å². The van der Waals surface area contributed by atoms with Crippen LogP contribution in [0.1, 0.15) is 0 Å². The second kappa shape index (κ2) is 4.15. The van der Waals surface area contributed by atoms with Crippen LogP contribution in [0, 0.1) is 6.57 Å². The number of rotatable bonds is 1. The molecule has 3 nitrogen and oxygen atoms in total. The lowest BCUT2D eigenvalue weighted by atomic mass is 10.3. The zero-order valence-electron chi connectivity index (χ0n) is 8.18. The average molecular weight is 253 g/mol. The molecular formula is C9H10N3P3. The summed E-state index contributed by atoms with van der Waals surface area (Å²) in [6, 6.07) is 5.59. The van der Waals surface area contributed by atoms with E-state index in [0.29, 0.717) is 5.69 Å². The van der Waals surface area contributed by atoms with Crippen LogP contribution in [0.4, 0.5) is 5.69 Å². The van der Waals surface area contributed by atoms with E-state index in [9.17, 15) is 0 Å². The molecule has 0 saturated carbocycles. The van der Waals surface area contributed by atoms with Gasteiger partial charge < -0.3 is 4.57 Å². The third kappa shape index (κ3) is 1.91. The fourth-order valence-corrected chi connectivity index (χ4v) is 3.53. The molecule has 0 bridgehead atoms. The molecule has 1 heterocycles. The highest BCUT2D eigenvalue weighted by Gasteiger charge is 2.10. The Morgan fingerprint density at radius 3 is 2.80 bits per heavy atom. The van der Waals surface area contributed by atoms with Crippen molar-refractivity contribution in [2.24, 2.45) is 7.05 Å². The third-order valence-corrected chi connectivity index (χ3v) is 4.45. The van der Waals surface area contributed by atoms with E-state index < -0.39 is 0 Å². The minimum atomic E-state index is -0.369. The van der Waals surface area contributed by atoms with Gasteiger partial charge in [-0.25, -0.2) is 9.83 Å². The molecule has 0 fully saturated rings. The van der Waals surface area contributed by atoms with E-state index in [1.54, 1.807) is 6.07 Å². The van der Waals surface area contributed by atoms with E-state index in [4.69, 9.17) is 6.57 Å². The third-order valence-electron chi connectivity index (χ3n) is 2.20. The normalized spacial score (nSPS) is 10.9. The van der Waals surface area contributed by atoms with Crippen molar-refractivity contribution in [2.45, 2.75) is 0 Å². The molecular weight excluding hydrogens is 243 g/mol. The van der Waals surface area contributed by atoms with Crippen LogP contribution >= 0.6 is 25.2 Å². The summed E-state index contributed by atoms with van der Waals surface area (Å²) in [6.45, 7) is 6.97. The number of fused-ring (bicyclic) bond motifs is 1. The highest BCUT2D eigenvalue weighted by Crippen LogP contribution is 2.51. The highest BCUT2D eigenvalue weighted by atomic mass is 32.4. The van der Waals surface area contributed by atoms with Crippen molar-refractivity contribution in [3.8, 4) is 0 Å². The SMILES string of the molecule is [C-]#[N+]c1ccc2nc(P(P)P)n(C)c2c1. The maximum atomic E-state index is 6.97. The van der Waals surface area contributed by atoms with Crippen molar-refractivity contribution < 1.29 is 0 Å². The number of hydrogen-bond acceptors (Lipinski definition) is 1. The van der Waals surface area contributed by atoms with Gasteiger partial charge in [-0.15, -0.1) is 0 Å². The largest absolute Gasteiger partial charge is 0.328 e. The minimum absolute atomic E-state index is 0.369. The Hall–Kier alpha value is -0.530. The number of benzene rings is 1. The first kappa shape index (κ1) is 11.0. The molecule has 0 aliphatic carbocycles. The lowest BCUT2D eigenvalue weighted by Crippen LogP contribution is -2.09. The van der Waals surface area contributed by atoms with E-state index in [1.807, 2.05) is 19.2 Å². The van der Waals surface area contributed by atoms with Crippen molar-refractivity contribution in [1.82, 2.24) is 9.55 Å². The molecule has 1 aromatic heterocycles. The molecule has 0 saturated heterocycles. The fraction of sp³-hybridized carbons (Fsp3) is 0.111. The molecule has 76 valence electrons. The number of aryl methyl sites for hydroxylation is 1. The predicted molar refractivity (Wildman–Crippen MR) is 73.0 cm³/mol. The maximum Gasteiger partial charge on any atom is 0.189 e. The summed E-state index contributed by atoms with van der Waals surface area (Å²) in [5, 5.41) is 0. The molecule has 2 atom stereocenters. The molecule has 0 aliphatic rings. The van der Waals surface area contributed by atoms with Crippen LogP contribution in [0.5, 0.6) is 0 Å². The van der Waals surface area contributed by atoms with Crippen LogP contribution in [0.3, 0.4) is 0 Å². The minimum Gasteiger partial charge on any atom is -0.328 e. The molecule has 0 aliphatic heterocycles. The van der Waals surface area contributed by atoms with E-state index in [-0.39, 0.29) is 7.30 Å². The van der Waals surface area contributed by atoms with Gasteiger partial charge in [-0.3, -0.25) is 0 Å². The Morgan fingerprint density at radius 1 is 1.47 bits per heavy atom. The van der Waals surface area contributed by atoms with Crippen LogP contribution in [0.25, 0.3) is 15.9 Å². The number of imidazole rings is 1. The molecule has 0 spiro atoms. The zero-order valence-corrected chi connectivity index (χ0v) is 11.4. The average Bonchev–Trinajstić information content (AvgIpc) is 2.56. The standard InChI is InChI=1S/C9H10N3P3/c1-10-6-3-4-7-8(5-6)12(2)9(11-7)15(13)14/h3-5H,13-14H2,2H3. The van der Waals surface area contributed by atoms with Crippen LogP contribution in [-0.2, 0) is 7.05 Å². The quantitative estimate of drug-likeness (QED) is 0.565. The van der Waals surface area contributed by atoms with Gasteiger partial charge in [-0.2, -0.15) is 0 Å². The van der Waals surface area contributed by atoms with Crippen LogP contribution in [-0.4, -0.2) is 9.55 Å². The van der Waals surface area contributed by atoms with Crippen molar-refractivity contribution in [3.63, 3.8) is 0 Å². The van der Waals surface area contributed by atoms with Crippen molar-refractivity contribution in [2.75, 3.05) is 0 Å². The van der Waals surface area contributed by atoms with Crippen molar-refractivity contribution in [3.05, 3.63) is 29.6 Å².